The second-order valence-electron chi connectivity index (χ2n) is 4.33. The molecular formula is C15H20NO2S+. The number of hydrogen-bond donors (Lipinski definition) is 2. The van der Waals surface area contributed by atoms with Crippen molar-refractivity contribution in [2.45, 2.75) is 19.6 Å². The topological polar surface area (TPSA) is 46.1 Å². The molecular weight excluding hydrogens is 258 g/mol. The Balaban J connectivity index is 1.88. The number of hydrogen-bond acceptors (Lipinski definition) is 3. The first-order chi connectivity index (χ1) is 9.40. The lowest BCUT2D eigenvalue weighted by Gasteiger charge is -2.10. The SMILES string of the molecule is OCCC[NH2+]Cc1ccccc1OCc1cccs1. The first kappa shape index (κ1) is 14.1. The van der Waals surface area contributed by atoms with Crippen LogP contribution in [-0.2, 0) is 13.2 Å². The molecule has 2 rings (SSSR count). The van der Waals surface area contributed by atoms with Crippen molar-refractivity contribution in [1.82, 2.24) is 0 Å². The van der Waals surface area contributed by atoms with Gasteiger partial charge < -0.3 is 15.2 Å². The van der Waals surface area contributed by atoms with Crippen LogP contribution in [0.1, 0.15) is 16.9 Å². The third-order valence-corrected chi connectivity index (χ3v) is 3.70. The molecule has 1 heterocycles. The van der Waals surface area contributed by atoms with E-state index in [4.69, 9.17) is 9.84 Å². The smallest absolute Gasteiger partial charge is 0.128 e. The van der Waals surface area contributed by atoms with Gasteiger partial charge in [-0.05, 0) is 23.6 Å². The number of benzene rings is 1. The highest BCUT2D eigenvalue weighted by atomic mass is 32.1. The first-order valence-electron chi connectivity index (χ1n) is 6.56. The second kappa shape index (κ2) is 7.94. The molecule has 4 heteroatoms. The van der Waals surface area contributed by atoms with E-state index >= 15 is 0 Å². The quantitative estimate of drug-likeness (QED) is 0.723. The molecule has 19 heavy (non-hydrogen) atoms. The molecule has 3 nitrogen and oxygen atoms in total. The van der Waals surface area contributed by atoms with Crippen molar-refractivity contribution in [3.63, 3.8) is 0 Å². The van der Waals surface area contributed by atoms with Crippen LogP contribution < -0.4 is 10.1 Å². The maximum absolute atomic E-state index is 8.76. The number of nitrogens with two attached hydrogens (primary N) is 1. The Morgan fingerprint density at radius 3 is 2.84 bits per heavy atom. The Hall–Kier alpha value is -1.36. The predicted molar refractivity (Wildman–Crippen MR) is 77.3 cm³/mol. The average molecular weight is 278 g/mol. The molecule has 102 valence electrons. The summed E-state index contributed by atoms with van der Waals surface area (Å²) in [7, 11) is 0. The van der Waals surface area contributed by atoms with Gasteiger partial charge in [-0.1, -0.05) is 18.2 Å². The van der Waals surface area contributed by atoms with Crippen LogP contribution in [0.3, 0.4) is 0 Å². The molecule has 0 unspecified atom stereocenters. The largest absolute Gasteiger partial charge is 0.488 e. The fourth-order valence-electron chi connectivity index (χ4n) is 1.85. The van der Waals surface area contributed by atoms with Crippen LogP contribution in [0.15, 0.2) is 41.8 Å². The molecule has 1 aromatic heterocycles. The zero-order valence-electron chi connectivity index (χ0n) is 10.9. The van der Waals surface area contributed by atoms with E-state index in [1.165, 1.54) is 10.4 Å². The van der Waals surface area contributed by atoms with Gasteiger partial charge in [0, 0.05) is 23.5 Å². The van der Waals surface area contributed by atoms with Crippen LogP contribution in [0.5, 0.6) is 5.75 Å². The van der Waals surface area contributed by atoms with Crippen LogP contribution in [0.4, 0.5) is 0 Å². The monoisotopic (exact) mass is 278 g/mol. The molecule has 3 N–H and O–H groups in total. The van der Waals surface area contributed by atoms with E-state index in [1.54, 1.807) is 11.3 Å². The van der Waals surface area contributed by atoms with Gasteiger partial charge in [-0.25, -0.2) is 0 Å². The summed E-state index contributed by atoms with van der Waals surface area (Å²) < 4.78 is 5.88. The molecule has 0 radical (unpaired) electrons. The molecule has 2 aromatic rings. The second-order valence-corrected chi connectivity index (χ2v) is 5.37. The number of aliphatic hydroxyl groups excluding tert-OH is 1. The van der Waals surface area contributed by atoms with E-state index in [0.717, 1.165) is 25.3 Å². The molecule has 0 aliphatic carbocycles. The standard InChI is InChI=1S/C15H19NO2S/c17-9-4-8-16-11-13-5-1-2-7-15(13)18-12-14-6-3-10-19-14/h1-3,5-7,10,16-17H,4,8-9,11-12H2/p+1. The third kappa shape index (κ3) is 4.67. The molecule has 0 saturated heterocycles. The van der Waals surface area contributed by atoms with Crippen LogP contribution in [0, 0.1) is 0 Å². The molecule has 1 aromatic carbocycles. The van der Waals surface area contributed by atoms with Crippen molar-refractivity contribution in [1.29, 1.82) is 0 Å². The number of ether oxygens (including phenoxy) is 1. The van der Waals surface area contributed by atoms with Gasteiger partial charge in [0.1, 0.15) is 18.9 Å². The molecule has 0 aliphatic rings. The summed E-state index contributed by atoms with van der Waals surface area (Å²) in [4.78, 5) is 1.24. The van der Waals surface area contributed by atoms with Gasteiger partial charge in [0.05, 0.1) is 6.54 Å². The number of para-hydroxylation sites is 1. The number of aliphatic hydroxyl groups is 1. The molecule has 0 amide bonds. The summed E-state index contributed by atoms with van der Waals surface area (Å²) in [5, 5.41) is 13.0. The summed E-state index contributed by atoms with van der Waals surface area (Å²) >= 11 is 1.71. The highest BCUT2D eigenvalue weighted by molar-refractivity contribution is 7.09. The third-order valence-electron chi connectivity index (χ3n) is 2.85. The van der Waals surface area contributed by atoms with E-state index in [9.17, 15) is 0 Å². The van der Waals surface area contributed by atoms with Gasteiger partial charge in [-0.15, -0.1) is 11.3 Å². The van der Waals surface area contributed by atoms with E-state index in [0.29, 0.717) is 6.61 Å². The number of thiophene rings is 1. The van der Waals surface area contributed by atoms with Gasteiger partial charge in [0.15, 0.2) is 0 Å². The maximum atomic E-state index is 8.76. The number of quaternary nitrogens is 1. The Bertz CT molecular complexity index is 471. The molecule has 0 fully saturated rings. The highest BCUT2D eigenvalue weighted by Gasteiger charge is 2.05. The summed E-state index contributed by atoms with van der Waals surface area (Å²) in [6, 6.07) is 12.3. The van der Waals surface area contributed by atoms with Crippen molar-refractivity contribution in [3.8, 4) is 5.75 Å². The van der Waals surface area contributed by atoms with Crippen molar-refractivity contribution < 1.29 is 15.2 Å². The summed E-state index contributed by atoms with van der Waals surface area (Å²) in [6.07, 6.45) is 0.832. The minimum Gasteiger partial charge on any atom is -0.488 e. The van der Waals surface area contributed by atoms with Gasteiger partial charge >= 0.3 is 0 Å². The Morgan fingerprint density at radius 1 is 1.16 bits per heavy atom. The lowest BCUT2D eigenvalue weighted by Crippen LogP contribution is -2.82. The zero-order valence-corrected chi connectivity index (χ0v) is 11.7. The van der Waals surface area contributed by atoms with Gasteiger partial charge in [0.2, 0.25) is 0 Å². The number of rotatable bonds is 8. The van der Waals surface area contributed by atoms with Crippen LogP contribution in [0.25, 0.3) is 0 Å². The fraction of sp³-hybridized carbons (Fsp3) is 0.333. The summed E-state index contributed by atoms with van der Waals surface area (Å²) in [5.41, 5.74) is 1.21. The lowest BCUT2D eigenvalue weighted by molar-refractivity contribution is -0.671. The van der Waals surface area contributed by atoms with Crippen molar-refractivity contribution >= 4 is 11.3 Å². The zero-order chi connectivity index (χ0) is 13.3. The molecule has 0 saturated carbocycles. The first-order valence-corrected chi connectivity index (χ1v) is 7.43. The molecule has 0 aliphatic heterocycles. The van der Waals surface area contributed by atoms with Gasteiger partial charge in [-0.2, -0.15) is 0 Å². The van der Waals surface area contributed by atoms with Crippen LogP contribution >= 0.6 is 11.3 Å². The Kier molecular flexibility index (Phi) is 5.88. The Morgan fingerprint density at radius 2 is 2.05 bits per heavy atom. The van der Waals surface area contributed by atoms with E-state index in [1.807, 2.05) is 24.3 Å². The fourth-order valence-corrected chi connectivity index (χ4v) is 2.47. The van der Waals surface area contributed by atoms with Gasteiger partial charge in [0.25, 0.3) is 0 Å². The average Bonchev–Trinajstić information content (AvgIpc) is 2.96. The van der Waals surface area contributed by atoms with Crippen molar-refractivity contribution in [2.75, 3.05) is 13.2 Å². The molecule has 0 spiro atoms. The maximum Gasteiger partial charge on any atom is 0.128 e. The van der Waals surface area contributed by atoms with Gasteiger partial charge in [-0.3, -0.25) is 0 Å². The minimum atomic E-state index is 0.257. The van der Waals surface area contributed by atoms with E-state index < -0.39 is 0 Å². The van der Waals surface area contributed by atoms with Crippen LogP contribution in [-0.4, -0.2) is 18.3 Å². The summed E-state index contributed by atoms with van der Waals surface area (Å²) in [6.45, 7) is 2.72. The predicted octanol–water partition coefficient (Wildman–Crippen LogP) is 1.77. The minimum absolute atomic E-state index is 0.257. The Labute approximate surface area is 117 Å². The summed E-state index contributed by atoms with van der Waals surface area (Å²) in [5.74, 6) is 0.955. The lowest BCUT2D eigenvalue weighted by atomic mass is 10.2. The molecule has 0 atom stereocenters. The van der Waals surface area contributed by atoms with Crippen molar-refractivity contribution in [2.24, 2.45) is 0 Å². The van der Waals surface area contributed by atoms with Crippen molar-refractivity contribution in [3.05, 3.63) is 52.2 Å². The normalized spacial score (nSPS) is 10.6. The molecule has 0 bridgehead atoms. The highest BCUT2D eigenvalue weighted by Crippen LogP contribution is 2.19. The van der Waals surface area contributed by atoms with E-state index in [-0.39, 0.29) is 6.61 Å². The van der Waals surface area contributed by atoms with E-state index in [2.05, 4.69) is 22.8 Å². The van der Waals surface area contributed by atoms with Crippen LogP contribution in [0.2, 0.25) is 0 Å².